The number of phenols is 1. The summed E-state index contributed by atoms with van der Waals surface area (Å²) in [4.78, 5) is 13.2. The Morgan fingerprint density at radius 2 is 1.95 bits per heavy atom. The minimum absolute atomic E-state index is 0.0341. The first-order valence-electron chi connectivity index (χ1n) is 6.27. The van der Waals surface area contributed by atoms with E-state index in [9.17, 15) is 9.90 Å². The number of carbonyl (C=O) groups is 1. The summed E-state index contributed by atoms with van der Waals surface area (Å²) in [6, 6.07) is 14.9. The van der Waals surface area contributed by atoms with E-state index in [0.29, 0.717) is 17.5 Å². The highest BCUT2D eigenvalue weighted by atomic mass is 32.1. The minimum Gasteiger partial charge on any atom is -0.506 e. The lowest BCUT2D eigenvalue weighted by Crippen LogP contribution is -2.22. The quantitative estimate of drug-likeness (QED) is 0.772. The second-order valence-electron chi connectivity index (χ2n) is 4.44. The smallest absolute Gasteiger partial charge is 0.255 e. The summed E-state index contributed by atoms with van der Waals surface area (Å²) in [5.74, 6) is -0.228. The maximum Gasteiger partial charge on any atom is 0.255 e. The van der Waals surface area contributed by atoms with E-state index in [0.717, 1.165) is 10.3 Å². The fourth-order valence-electron chi connectivity index (χ4n) is 2.11. The highest BCUT2D eigenvalue weighted by molar-refractivity contribution is 7.09. The second-order valence-corrected chi connectivity index (χ2v) is 5.48. The average molecular weight is 283 g/mol. The van der Waals surface area contributed by atoms with Gasteiger partial charge in [0.05, 0.1) is 12.1 Å². The van der Waals surface area contributed by atoms with Crippen LogP contribution < -0.4 is 5.32 Å². The van der Waals surface area contributed by atoms with Crippen LogP contribution in [0.2, 0.25) is 0 Å². The molecular weight excluding hydrogens is 270 g/mol. The van der Waals surface area contributed by atoms with Crippen LogP contribution in [0.1, 0.15) is 15.2 Å². The fourth-order valence-corrected chi connectivity index (χ4v) is 2.76. The summed E-state index contributed by atoms with van der Waals surface area (Å²) >= 11 is 1.59. The van der Waals surface area contributed by atoms with E-state index in [1.807, 2.05) is 41.8 Å². The Hall–Kier alpha value is -2.33. The summed E-state index contributed by atoms with van der Waals surface area (Å²) in [5.41, 5.74) is 0.306. The maximum atomic E-state index is 12.1. The van der Waals surface area contributed by atoms with Crippen molar-refractivity contribution in [2.24, 2.45) is 0 Å². The van der Waals surface area contributed by atoms with Crippen molar-refractivity contribution in [3.63, 3.8) is 0 Å². The molecule has 0 aliphatic heterocycles. The van der Waals surface area contributed by atoms with Crippen LogP contribution in [0, 0.1) is 0 Å². The van der Waals surface area contributed by atoms with Crippen LogP contribution in [0.25, 0.3) is 10.8 Å². The lowest BCUT2D eigenvalue weighted by Gasteiger charge is -2.08. The number of phenolic OH excluding ortho intramolecular Hbond substituents is 1. The number of fused-ring (bicyclic) bond motifs is 1. The first kappa shape index (κ1) is 12.7. The zero-order chi connectivity index (χ0) is 13.9. The summed E-state index contributed by atoms with van der Waals surface area (Å²) < 4.78 is 0. The van der Waals surface area contributed by atoms with Crippen LogP contribution in [0.3, 0.4) is 0 Å². The number of hydrogen-bond donors (Lipinski definition) is 2. The standard InChI is InChI=1S/C16H13NO2S/c18-15-13-6-2-1-4-11(13)7-8-14(15)16(19)17-10-12-5-3-9-20-12/h1-9,18H,10H2,(H,17,19). The van der Waals surface area contributed by atoms with Gasteiger partial charge in [0.25, 0.3) is 5.91 Å². The van der Waals surface area contributed by atoms with E-state index in [4.69, 9.17) is 0 Å². The molecule has 0 bridgehead atoms. The molecule has 0 radical (unpaired) electrons. The maximum absolute atomic E-state index is 12.1. The molecule has 3 nitrogen and oxygen atoms in total. The number of benzene rings is 2. The van der Waals surface area contributed by atoms with Gasteiger partial charge in [0.1, 0.15) is 5.75 Å². The zero-order valence-corrected chi connectivity index (χ0v) is 11.5. The van der Waals surface area contributed by atoms with Gasteiger partial charge in [-0.15, -0.1) is 11.3 Å². The lowest BCUT2D eigenvalue weighted by molar-refractivity contribution is 0.0949. The molecule has 1 amide bonds. The van der Waals surface area contributed by atoms with Crippen LogP contribution in [-0.4, -0.2) is 11.0 Å². The van der Waals surface area contributed by atoms with Gasteiger partial charge in [-0.3, -0.25) is 4.79 Å². The van der Waals surface area contributed by atoms with Gasteiger partial charge >= 0.3 is 0 Å². The fraction of sp³-hybridized carbons (Fsp3) is 0.0625. The number of thiophene rings is 1. The van der Waals surface area contributed by atoms with Crippen LogP contribution in [0.4, 0.5) is 0 Å². The predicted molar refractivity (Wildman–Crippen MR) is 81.1 cm³/mol. The molecule has 1 aromatic heterocycles. The van der Waals surface area contributed by atoms with E-state index in [1.165, 1.54) is 0 Å². The van der Waals surface area contributed by atoms with Crippen molar-refractivity contribution in [1.82, 2.24) is 5.32 Å². The van der Waals surface area contributed by atoms with Crippen molar-refractivity contribution in [3.05, 3.63) is 64.4 Å². The molecule has 0 atom stereocenters. The van der Waals surface area contributed by atoms with Crippen LogP contribution in [-0.2, 0) is 6.54 Å². The zero-order valence-electron chi connectivity index (χ0n) is 10.7. The van der Waals surface area contributed by atoms with E-state index < -0.39 is 0 Å². The molecule has 0 aliphatic rings. The molecule has 1 heterocycles. The van der Waals surface area contributed by atoms with E-state index in [2.05, 4.69) is 5.32 Å². The van der Waals surface area contributed by atoms with Crippen molar-refractivity contribution in [2.45, 2.75) is 6.54 Å². The largest absolute Gasteiger partial charge is 0.506 e. The molecule has 100 valence electrons. The number of hydrogen-bond acceptors (Lipinski definition) is 3. The van der Waals surface area contributed by atoms with Gasteiger partial charge in [-0.25, -0.2) is 0 Å². The Balaban J connectivity index is 1.86. The summed E-state index contributed by atoms with van der Waals surface area (Å²) in [6.45, 7) is 0.475. The Bertz CT molecular complexity index is 750. The second kappa shape index (κ2) is 5.35. The Labute approximate surface area is 120 Å². The highest BCUT2D eigenvalue weighted by Gasteiger charge is 2.13. The number of rotatable bonds is 3. The molecule has 2 aromatic carbocycles. The molecule has 0 saturated carbocycles. The van der Waals surface area contributed by atoms with Gasteiger partial charge in [-0.05, 0) is 22.9 Å². The van der Waals surface area contributed by atoms with Gasteiger partial charge in [-0.1, -0.05) is 36.4 Å². The molecule has 2 N–H and O–H groups in total. The summed E-state index contributed by atoms with van der Waals surface area (Å²) in [5, 5.41) is 16.6. The van der Waals surface area contributed by atoms with Crippen LogP contribution >= 0.6 is 11.3 Å². The molecule has 0 saturated heterocycles. The molecule has 20 heavy (non-hydrogen) atoms. The van der Waals surface area contributed by atoms with Gasteiger partial charge in [0.2, 0.25) is 0 Å². The molecular formula is C16H13NO2S. The van der Waals surface area contributed by atoms with Gasteiger partial charge in [-0.2, -0.15) is 0 Å². The van der Waals surface area contributed by atoms with Crippen molar-refractivity contribution in [2.75, 3.05) is 0 Å². The van der Waals surface area contributed by atoms with E-state index >= 15 is 0 Å². The third-order valence-electron chi connectivity index (χ3n) is 3.15. The third-order valence-corrected chi connectivity index (χ3v) is 4.02. The molecule has 4 heteroatoms. The van der Waals surface area contributed by atoms with Gasteiger partial charge in [0, 0.05) is 10.3 Å². The highest BCUT2D eigenvalue weighted by Crippen LogP contribution is 2.28. The number of amides is 1. The Kier molecular flexibility index (Phi) is 3.39. The number of aromatic hydroxyl groups is 1. The van der Waals surface area contributed by atoms with Crippen molar-refractivity contribution in [1.29, 1.82) is 0 Å². The summed E-state index contributed by atoms with van der Waals surface area (Å²) in [7, 11) is 0. The SMILES string of the molecule is O=C(NCc1cccs1)c1ccc2ccccc2c1O. The third kappa shape index (κ3) is 2.38. The molecule has 0 unspecified atom stereocenters. The molecule has 3 rings (SSSR count). The van der Waals surface area contributed by atoms with Crippen molar-refractivity contribution >= 4 is 28.0 Å². The van der Waals surface area contributed by atoms with Gasteiger partial charge in [0.15, 0.2) is 0 Å². The Morgan fingerprint density at radius 1 is 1.10 bits per heavy atom. The lowest BCUT2D eigenvalue weighted by atomic mass is 10.0. The topological polar surface area (TPSA) is 49.3 Å². The summed E-state index contributed by atoms with van der Waals surface area (Å²) in [6.07, 6.45) is 0. The normalized spacial score (nSPS) is 10.6. The Morgan fingerprint density at radius 3 is 2.75 bits per heavy atom. The first-order valence-corrected chi connectivity index (χ1v) is 7.15. The molecule has 0 spiro atoms. The van der Waals surface area contributed by atoms with Crippen molar-refractivity contribution in [3.8, 4) is 5.75 Å². The minimum atomic E-state index is -0.262. The average Bonchev–Trinajstić information content (AvgIpc) is 2.99. The van der Waals surface area contributed by atoms with Crippen LogP contribution in [0.5, 0.6) is 5.75 Å². The predicted octanol–water partition coefficient (Wildman–Crippen LogP) is 3.54. The van der Waals surface area contributed by atoms with Gasteiger partial charge < -0.3 is 10.4 Å². The van der Waals surface area contributed by atoms with Crippen molar-refractivity contribution < 1.29 is 9.90 Å². The number of carbonyl (C=O) groups excluding carboxylic acids is 1. The monoisotopic (exact) mass is 283 g/mol. The van der Waals surface area contributed by atoms with E-state index in [-0.39, 0.29) is 11.7 Å². The van der Waals surface area contributed by atoms with Crippen LogP contribution in [0.15, 0.2) is 53.9 Å². The van der Waals surface area contributed by atoms with E-state index in [1.54, 1.807) is 23.5 Å². The molecule has 0 fully saturated rings. The first-order chi connectivity index (χ1) is 9.75. The molecule has 3 aromatic rings. The molecule has 0 aliphatic carbocycles. The number of nitrogens with one attached hydrogen (secondary N) is 1.